The topological polar surface area (TPSA) is 24.1 Å². The summed E-state index contributed by atoms with van der Waals surface area (Å²) in [5, 5.41) is 8.69. The predicted octanol–water partition coefficient (Wildman–Crippen LogP) is 4.83. The quantitative estimate of drug-likeness (QED) is 0.671. The Bertz CT molecular complexity index is 834. The van der Waals surface area contributed by atoms with E-state index in [0.717, 1.165) is 13.1 Å². The van der Waals surface area contributed by atoms with Gasteiger partial charge in [0, 0.05) is 27.2 Å². The zero-order valence-corrected chi connectivity index (χ0v) is 13.8. The number of hydrogen-bond donors (Lipinski definition) is 2. The molecule has 0 bridgehead atoms. The minimum absolute atomic E-state index is 0.593. The Morgan fingerprint density at radius 3 is 2.83 bits per heavy atom. The average Bonchev–Trinajstić information content (AvgIpc) is 3.09. The van der Waals surface area contributed by atoms with E-state index in [1.54, 1.807) is 5.56 Å². The van der Waals surface area contributed by atoms with Crippen LogP contribution < -0.4 is 10.6 Å². The second-order valence-corrected chi connectivity index (χ2v) is 7.68. The fourth-order valence-corrected chi connectivity index (χ4v) is 5.28. The van der Waals surface area contributed by atoms with Gasteiger partial charge in [-0.3, -0.25) is 0 Å². The van der Waals surface area contributed by atoms with Crippen molar-refractivity contribution >= 4 is 27.1 Å². The zero-order valence-electron chi connectivity index (χ0n) is 13.0. The Balaban J connectivity index is 1.66. The van der Waals surface area contributed by atoms with E-state index in [2.05, 4.69) is 59.2 Å². The molecule has 0 saturated carbocycles. The van der Waals surface area contributed by atoms with Crippen molar-refractivity contribution in [2.24, 2.45) is 0 Å². The summed E-state index contributed by atoms with van der Waals surface area (Å²) >= 11 is 1.92. The lowest BCUT2D eigenvalue weighted by atomic mass is 9.87. The van der Waals surface area contributed by atoms with Crippen LogP contribution in [0.25, 0.3) is 20.5 Å². The van der Waals surface area contributed by atoms with Crippen LogP contribution in [0.5, 0.6) is 0 Å². The van der Waals surface area contributed by atoms with Gasteiger partial charge >= 0.3 is 0 Å². The van der Waals surface area contributed by atoms with Crippen LogP contribution in [0.1, 0.15) is 24.3 Å². The van der Waals surface area contributed by atoms with E-state index in [4.69, 9.17) is 0 Å². The van der Waals surface area contributed by atoms with Crippen LogP contribution in [0.3, 0.4) is 0 Å². The summed E-state index contributed by atoms with van der Waals surface area (Å²) in [5.74, 6) is 0.640. The van der Waals surface area contributed by atoms with Crippen LogP contribution in [-0.2, 0) is 0 Å². The summed E-state index contributed by atoms with van der Waals surface area (Å²) in [5.41, 5.74) is 4.34. The maximum Gasteiger partial charge on any atom is 0.0385 e. The molecule has 2 N–H and O–H groups in total. The van der Waals surface area contributed by atoms with Crippen LogP contribution >= 0.6 is 11.3 Å². The lowest BCUT2D eigenvalue weighted by molar-refractivity contribution is 0.579. The van der Waals surface area contributed by atoms with E-state index in [1.165, 1.54) is 39.1 Å². The summed E-state index contributed by atoms with van der Waals surface area (Å²) in [6, 6.07) is 18.4. The van der Waals surface area contributed by atoms with Gasteiger partial charge in [0.05, 0.1) is 0 Å². The number of thiophene rings is 1. The van der Waals surface area contributed by atoms with Crippen LogP contribution in [0, 0.1) is 0 Å². The van der Waals surface area contributed by atoms with Gasteiger partial charge in [-0.25, -0.2) is 0 Å². The Morgan fingerprint density at radius 1 is 0.957 bits per heavy atom. The highest BCUT2D eigenvalue weighted by atomic mass is 32.1. The first-order valence-electron chi connectivity index (χ1n) is 8.49. The summed E-state index contributed by atoms with van der Waals surface area (Å²) in [7, 11) is 0. The van der Waals surface area contributed by atoms with E-state index in [-0.39, 0.29) is 0 Å². The fourth-order valence-electron chi connectivity index (χ4n) is 4.18. The van der Waals surface area contributed by atoms with Crippen LogP contribution in [0.4, 0.5) is 5.69 Å². The van der Waals surface area contributed by atoms with E-state index < -0.39 is 0 Å². The van der Waals surface area contributed by atoms with Gasteiger partial charge in [0.2, 0.25) is 0 Å². The van der Waals surface area contributed by atoms with Crippen molar-refractivity contribution in [3.05, 3.63) is 54.1 Å². The molecular formula is C20H20N2S. The molecule has 1 saturated heterocycles. The molecule has 23 heavy (non-hydrogen) atoms. The summed E-state index contributed by atoms with van der Waals surface area (Å²) < 4.78 is 1.38. The molecule has 0 spiro atoms. The molecule has 2 aliphatic heterocycles. The highest BCUT2D eigenvalue weighted by Crippen LogP contribution is 2.47. The molecule has 5 rings (SSSR count). The van der Waals surface area contributed by atoms with Crippen molar-refractivity contribution in [3.8, 4) is 10.4 Å². The van der Waals surface area contributed by atoms with Crippen molar-refractivity contribution in [2.45, 2.75) is 24.8 Å². The summed E-state index contributed by atoms with van der Waals surface area (Å²) in [6.45, 7) is 2.25. The van der Waals surface area contributed by atoms with Crippen LogP contribution in [0.2, 0.25) is 0 Å². The standard InChI is InChI=1S/C20H20N2S/c1-2-7-18-13(4-1)12-19(23-18)15-5-3-6-17-20(15)14-8-10-21-11-9-16(14)22-17/h1-7,12,14,16,21-22H,8-11H2/t14-,16-/m0/s1. The third-order valence-electron chi connectivity index (χ3n) is 5.26. The highest BCUT2D eigenvalue weighted by Gasteiger charge is 2.34. The third kappa shape index (κ3) is 2.19. The van der Waals surface area contributed by atoms with Gasteiger partial charge in [0.1, 0.15) is 0 Å². The lowest BCUT2D eigenvalue weighted by Gasteiger charge is -2.17. The molecule has 3 aromatic rings. The first-order valence-corrected chi connectivity index (χ1v) is 9.31. The number of anilines is 1. The summed E-state index contributed by atoms with van der Waals surface area (Å²) in [6.07, 6.45) is 2.44. The van der Waals surface area contributed by atoms with Gasteiger partial charge in [-0.1, -0.05) is 30.3 Å². The number of fused-ring (bicyclic) bond motifs is 4. The maximum absolute atomic E-state index is 3.78. The molecule has 0 unspecified atom stereocenters. The molecule has 116 valence electrons. The Morgan fingerprint density at radius 2 is 1.87 bits per heavy atom. The average molecular weight is 320 g/mol. The second-order valence-electron chi connectivity index (χ2n) is 6.60. The minimum Gasteiger partial charge on any atom is -0.381 e. The molecule has 0 radical (unpaired) electrons. The van der Waals surface area contributed by atoms with Crippen molar-refractivity contribution in [1.29, 1.82) is 0 Å². The Hall–Kier alpha value is -1.84. The van der Waals surface area contributed by atoms with Gasteiger partial charge < -0.3 is 10.6 Å². The number of nitrogens with one attached hydrogen (secondary N) is 2. The smallest absolute Gasteiger partial charge is 0.0385 e. The number of rotatable bonds is 1. The molecule has 2 nitrogen and oxygen atoms in total. The normalized spacial score (nSPS) is 23.1. The van der Waals surface area contributed by atoms with E-state index >= 15 is 0 Å². The van der Waals surface area contributed by atoms with Gasteiger partial charge in [-0.15, -0.1) is 11.3 Å². The van der Waals surface area contributed by atoms with Crippen molar-refractivity contribution in [2.75, 3.05) is 18.4 Å². The monoisotopic (exact) mass is 320 g/mol. The van der Waals surface area contributed by atoms with Gasteiger partial charge in [0.25, 0.3) is 0 Å². The van der Waals surface area contributed by atoms with Gasteiger partial charge in [-0.05, 0) is 60.6 Å². The first kappa shape index (κ1) is 13.6. The van der Waals surface area contributed by atoms with Gasteiger partial charge in [-0.2, -0.15) is 0 Å². The predicted molar refractivity (Wildman–Crippen MR) is 99.5 cm³/mol. The Labute approximate surface area is 140 Å². The Kier molecular flexibility index (Phi) is 3.17. The second kappa shape index (κ2) is 5.36. The van der Waals surface area contributed by atoms with Crippen molar-refractivity contribution in [1.82, 2.24) is 5.32 Å². The molecule has 1 aromatic heterocycles. The third-order valence-corrected chi connectivity index (χ3v) is 6.41. The molecular weight excluding hydrogens is 300 g/mol. The molecule has 1 fully saturated rings. The minimum atomic E-state index is 0.593. The van der Waals surface area contributed by atoms with E-state index in [9.17, 15) is 0 Å². The van der Waals surface area contributed by atoms with Crippen molar-refractivity contribution < 1.29 is 0 Å². The number of benzene rings is 2. The fraction of sp³-hybridized carbons (Fsp3) is 0.300. The summed E-state index contributed by atoms with van der Waals surface area (Å²) in [4.78, 5) is 1.41. The maximum atomic E-state index is 3.78. The molecule has 3 heterocycles. The molecule has 2 aromatic carbocycles. The zero-order chi connectivity index (χ0) is 15.2. The first-order chi connectivity index (χ1) is 11.4. The highest BCUT2D eigenvalue weighted by molar-refractivity contribution is 7.22. The number of hydrogen-bond acceptors (Lipinski definition) is 3. The lowest BCUT2D eigenvalue weighted by Crippen LogP contribution is -2.21. The van der Waals surface area contributed by atoms with Crippen LogP contribution in [0.15, 0.2) is 48.5 Å². The van der Waals surface area contributed by atoms with Crippen LogP contribution in [-0.4, -0.2) is 19.1 Å². The molecule has 0 aliphatic carbocycles. The van der Waals surface area contributed by atoms with E-state index in [0.29, 0.717) is 12.0 Å². The van der Waals surface area contributed by atoms with Crippen molar-refractivity contribution in [3.63, 3.8) is 0 Å². The molecule has 3 heteroatoms. The molecule has 2 atom stereocenters. The molecule has 2 aliphatic rings. The SMILES string of the molecule is c1cc2c(c(-c3cc4ccccc4s3)c1)[C@H]1CCNCC[C@@H]1N2. The van der Waals surface area contributed by atoms with Gasteiger partial charge in [0.15, 0.2) is 0 Å². The largest absolute Gasteiger partial charge is 0.381 e. The molecule has 0 amide bonds. The van der Waals surface area contributed by atoms with E-state index in [1.807, 2.05) is 11.3 Å².